The molecule has 8 heteroatoms. The van der Waals surface area contributed by atoms with E-state index in [9.17, 15) is 26.3 Å². The molecule has 2 heterocycles. The van der Waals surface area contributed by atoms with E-state index in [1.54, 1.807) is 0 Å². The molecule has 204 valence electrons. The van der Waals surface area contributed by atoms with Crippen molar-refractivity contribution < 1.29 is 26.3 Å². The van der Waals surface area contributed by atoms with Crippen LogP contribution < -0.4 is 0 Å². The smallest absolute Gasteiger partial charge is 0.309 e. The minimum atomic E-state index is -5.02. The Labute approximate surface area is 222 Å². The average molecular weight is 543 g/mol. The van der Waals surface area contributed by atoms with Gasteiger partial charge in [-0.1, -0.05) is 59.7 Å². The Hall–Kier alpha value is -3.55. The third-order valence-corrected chi connectivity index (χ3v) is 7.14. The zero-order chi connectivity index (χ0) is 28.7. The first-order valence-electron chi connectivity index (χ1n) is 12.5. The van der Waals surface area contributed by atoms with Gasteiger partial charge in [0.25, 0.3) is 0 Å². The van der Waals surface area contributed by atoms with Crippen molar-refractivity contribution in [1.29, 1.82) is 0 Å². The maximum atomic E-state index is 13.7. The van der Waals surface area contributed by atoms with Crippen molar-refractivity contribution in [3.63, 3.8) is 0 Å². The minimum Gasteiger partial charge on any atom is -0.309 e. The summed E-state index contributed by atoms with van der Waals surface area (Å²) in [5.74, 6) is 0. The number of rotatable bonds is 1. The number of nitrogens with zero attached hydrogens (tertiary/aromatic N) is 2. The van der Waals surface area contributed by atoms with Crippen LogP contribution >= 0.6 is 0 Å². The maximum absolute atomic E-state index is 13.7. The number of hydrogen-bond acceptors (Lipinski definition) is 1. The summed E-state index contributed by atoms with van der Waals surface area (Å²) in [4.78, 5) is 3.61. The number of hydrogen-bond donors (Lipinski definition) is 0. The monoisotopic (exact) mass is 542 g/mol. The summed E-state index contributed by atoms with van der Waals surface area (Å²) < 4.78 is 83.6. The van der Waals surface area contributed by atoms with Crippen LogP contribution in [0.4, 0.5) is 26.3 Å². The van der Waals surface area contributed by atoms with Crippen LogP contribution in [0.15, 0.2) is 60.7 Å². The first-order valence-corrected chi connectivity index (χ1v) is 12.5. The fourth-order valence-corrected chi connectivity index (χ4v) is 4.97. The van der Waals surface area contributed by atoms with Crippen LogP contribution in [-0.4, -0.2) is 9.55 Å². The number of benzene rings is 3. The Bertz CT molecular complexity index is 1670. The molecule has 0 N–H and O–H groups in total. The van der Waals surface area contributed by atoms with Gasteiger partial charge in [-0.05, 0) is 64.4 Å². The SMILES string of the molecule is CC(C)(C)c1ccc2c(c1)c1cc(C(C)(C)C)ccc1n2-c1ccc2c(C(F)(F)F)cc(C(F)(F)F)nc2c1. The van der Waals surface area contributed by atoms with E-state index < -0.39 is 23.6 Å². The number of halogens is 6. The van der Waals surface area contributed by atoms with Crippen LogP contribution in [0.25, 0.3) is 38.4 Å². The Kier molecular flexibility index (Phi) is 5.87. The largest absolute Gasteiger partial charge is 0.433 e. The highest BCUT2D eigenvalue weighted by molar-refractivity contribution is 6.10. The molecule has 0 saturated heterocycles. The standard InChI is InChI=1S/C31H28F6N2/c1-28(2,3)17-7-11-25-21(13-17)22-14-18(29(4,5)6)8-12-26(22)39(25)19-9-10-20-23(30(32,33)34)16-27(31(35,36)37)38-24(20)15-19/h7-16H,1-6H3. The summed E-state index contributed by atoms with van der Waals surface area (Å²) in [6.45, 7) is 12.7. The molecule has 0 amide bonds. The Balaban J connectivity index is 1.86. The molecule has 0 aliphatic rings. The summed E-state index contributed by atoms with van der Waals surface area (Å²) >= 11 is 0. The van der Waals surface area contributed by atoms with Crippen LogP contribution in [-0.2, 0) is 23.2 Å². The van der Waals surface area contributed by atoms with Gasteiger partial charge in [0.2, 0.25) is 0 Å². The molecule has 2 aromatic heterocycles. The van der Waals surface area contributed by atoms with Crippen LogP contribution in [0.5, 0.6) is 0 Å². The molecule has 0 atom stereocenters. The Morgan fingerprint density at radius 2 is 1.08 bits per heavy atom. The number of fused-ring (bicyclic) bond motifs is 4. The van der Waals surface area contributed by atoms with Crippen molar-refractivity contribution in [3.8, 4) is 5.69 Å². The Morgan fingerprint density at radius 1 is 0.564 bits per heavy atom. The van der Waals surface area contributed by atoms with Crippen molar-refractivity contribution in [1.82, 2.24) is 9.55 Å². The molecular formula is C31H28F6N2. The van der Waals surface area contributed by atoms with Gasteiger partial charge in [0.05, 0.1) is 22.1 Å². The number of pyridine rings is 1. The lowest BCUT2D eigenvalue weighted by molar-refractivity contribution is -0.144. The molecule has 2 nitrogen and oxygen atoms in total. The third-order valence-electron chi connectivity index (χ3n) is 7.14. The topological polar surface area (TPSA) is 17.8 Å². The highest BCUT2D eigenvalue weighted by atomic mass is 19.4. The van der Waals surface area contributed by atoms with Crippen LogP contribution in [0.3, 0.4) is 0 Å². The molecule has 0 radical (unpaired) electrons. The van der Waals surface area contributed by atoms with E-state index in [4.69, 9.17) is 0 Å². The molecule has 0 fully saturated rings. The molecular weight excluding hydrogens is 514 g/mol. The molecule has 5 aromatic rings. The zero-order valence-corrected chi connectivity index (χ0v) is 22.4. The van der Waals surface area contributed by atoms with Gasteiger partial charge < -0.3 is 4.57 Å². The Morgan fingerprint density at radius 3 is 1.51 bits per heavy atom. The van der Waals surface area contributed by atoms with Crippen LogP contribution in [0.1, 0.15) is 63.9 Å². The average Bonchev–Trinajstić information content (AvgIpc) is 3.13. The maximum Gasteiger partial charge on any atom is 0.433 e. The second kappa shape index (κ2) is 8.47. The van der Waals surface area contributed by atoms with Crippen molar-refractivity contribution >= 4 is 32.7 Å². The molecule has 0 unspecified atom stereocenters. The van der Waals surface area contributed by atoms with Gasteiger partial charge in [0, 0.05) is 21.8 Å². The summed E-state index contributed by atoms with van der Waals surface area (Å²) in [5, 5.41) is 1.53. The van der Waals surface area contributed by atoms with Gasteiger partial charge >= 0.3 is 12.4 Å². The predicted molar refractivity (Wildman–Crippen MR) is 143 cm³/mol. The van der Waals surface area contributed by atoms with Crippen molar-refractivity contribution in [2.45, 2.75) is 64.7 Å². The summed E-state index contributed by atoms with van der Waals surface area (Å²) in [7, 11) is 0. The second-order valence-electron chi connectivity index (χ2n) is 12.1. The molecule has 5 rings (SSSR count). The second-order valence-corrected chi connectivity index (χ2v) is 12.1. The lowest BCUT2D eigenvalue weighted by Gasteiger charge is -2.19. The number of alkyl halides is 6. The minimum absolute atomic E-state index is 0.0739. The molecule has 0 spiro atoms. The lowest BCUT2D eigenvalue weighted by atomic mass is 9.85. The first-order chi connectivity index (χ1) is 17.9. The highest BCUT2D eigenvalue weighted by Gasteiger charge is 2.39. The normalized spacial score (nSPS) is 13.6. The van der Waals surface area contributed by atoms with Gasteiger partial charge in [-0.3, -0.25) is 0 Å². The van der Waals surface area contributed by atoms with Crippen molar-refractivity contribution in [3.05, 3.63) is 83.0 Å². The molecule has 0 aliphatic carbocycles. The van der Waals surface area contributed by atoms with Crippen molar-refractivity contribution in [2.75, 3.05) is 0 Å². The highest BCUT2D eigenvalue weighted by Crippen LogP contribution is 2.41. The predicted octanol–water partition coefficient (Wildman–Crippen LogP) is 9.96. The molecule has 39 heavy (non-hydrogen) atoms. The first kappa shape index (κ1) is 27.0. The van der Waals surface area contributed by atoms with Crippen molar-refractivity contribution in [2.24, 2.45) is 0 Å². The van der Waals surface area contributed by atoms with E-state index >= 15 is 0 Å². The van der Waals surface area contributed by atoms with Gasteiger partial charge in [0.1, 0.15) is 5.69 Å². The van der Waals surface area contributed by atoms with Gasteiger partial charge in [-0.25, -0.2) is 4.98 Å². The molecule has 0 aliphatic heterocycles. The quantitative estimate of drug-likeness (QED) is 0.193. The molecule has 3 aromatic carbocycles. The van der Waals surface area contributed by atoms with E-state index in [1.165, 1.54) is 18.2 Å². The molecule has 0 bridgehead atoms. The van der Waals surface area contributed by atoms with E-state index in [-0.39, 0.29) is 27.8 Å². The van der Waals surface area contributed by atoms with Crippen LogP contribution in [0, 0.1) is 0 Å². The third kappa shape index (κ3) is 4.74. The van der Waals surface area contributed by atoms with E-state index in [0.29, 0.717) is 5.69 Å². The van der Waals surface area contributed by atoms with E-state index in [1.807, 2.05) is 28.8 Å². The van der Waals surface area contributed by atoms with Crippen LogP contribution in [0.2, 0.25) is 0 Å². The van der Waals surface area contributed by atoms with E-state index in [2.05, 4.69) is 58.7 Å². The summed E-state index contributed by atoms with van der Waals surface area (Å²) in [5.41, 5.74) is 0.678. The van der Waals surface area contributed by atoms with Gasteiger partial charge in [-0.15, -0.1) is 0 Å². The lowest BCUT2D eigenvalue weighted by Crippen LogP contribution is -2.13. The van der Waals surface area contributed by atoms with Gasteiger partial charge in [-0.2, -0.15) is 26.3 Å². The molecule has 0 saturated carbocycles. The summed E-state index contributed by atoms with van der Waals surface area (Å²) in [6, 6.07) is 16.2. The van der Waals surface area contributed by atoms with E-state index in [0.717, 1.165) is 32.9 Å². The fraction of sp³-hybridized carbons (Fsp3) is 0.323. The fourth-order valence-electron chi connectivity index (χ4n) is 4.97. The summed E-state index contributed by atoms with van der Waals surface area (Å²) in [6.07, 6.45) is -9.99. The zero-order valence-electron chi connectivity index (χ0n) is 22.4. The number of aromatic nitrogens is 2. The van der Waals surface area contributed by atoms with Gasteiger partial charge in [0.15, 0.2) is 0 Å².